The molecule has 2 aliphatic rings. The first-order valence-corrected chi connectivity index (χ1v) is 8.00. The van der Waals surface area contributed by atoms with Crippen LogP contribution in [-0.2, 0) is 6.54 Å². The molecule has 1 aromatic carbocycles. The van der Waals surface area contributed by atoms with E-state index in [1.807, 2.05) is 0 Å². The SMILES string of the molecule is Cl.O=[N+]([O-])c1ccc(CN2CCC(NCC3CC3)CC2)c(F)c1. The van der Waals surface area contributed by atoms with Gasteiger partial charge in [-0.2, -0.15) is 0 Å². The minimum Gasteiger partial charge on any atom is -0.314 e. The number of hydrogen-bond donors (Lipinski definition) is 1. The summed E-state index contributed by atoms with van der Waals surface area (Å²) in [5.74, 6) is 0.412. The van der Waals surface area contributed by atoms with Crippen molar-refractivity contribution in [1.29, 1.82) is 0 Å². The van der Waals surface area contributed by atoms with Crippen molar-refractivity contribution in [3.8, 4) is 0 Å². The van der Waals surface area contributed by atoms with Crippen LogP contribution in [0.5, 0.6) is 0 Å². The fraction of sp³-hybridized carbons (Fsp3) is 0.625. The highest BCUT2D eigenvalue weighted by Crippen LogP contribution is 2.28. The average Bonchev–Trinajstić information content (AvgIpc) is 3.32. The number of non-ortho nitro benzene ring substituents is 1. The third kappa shape index (κ3) is 5.12. The first-order chi connectivity index (χ1) is 10.6. The number of nitro groups is 1. The lowest BCUT2D eigenvalue weighted by Gasteiger charge is -2.32. The molecule has 128 valence electrons. The third-order valence-electron chi connectivity index (χ3n) is 4.62. The van der Waals surface area contributed by atoms with Crippen LogP contribution >= 0.6 is 12.4 Å². The van der Waals surface area contributed by atoms with Crippen LogP contribution in [0.15, 0.2) is 18.2 Å². The van der Waals surface area contributed by atoms with Crippen LogP contribution < -0.4 is 5.32 Å². The summed E-state index contributed by atoms with van der Waals surface area (Å²) in [6, 6.07) is 4.51. The lowest BCUT2D eigenvalue weighted by atomic mass is 10.0. The first kappa shape index (κ1) is 18.1. The van der Waals surface area contributed by atoms with Crippen molar-refractivity contribution in [1.82, 2.24) is 10.2 Å². The van der Waals surface area contributed by atoms with E-state index in [4.69, 9.17) is 0 Å². The highest BCUT2D eigenvalue weighted by Gasteiger charge is 2.24. The summed E-state index contributed by atoms with van der Waals surface area (Å²) in [5, 5.41) is 14.2. The highest BCUT2D eigenvalue weighted by atomic mass is 35.5. The van der Waals surface area contributed by atoms with Crippen LogP contribution in [-0.4, -0.2) is 35.5 Å². The van der Waals surface area contributed by atoms with Gasteiger partial charge in [0.15, 0.2) is 0 Å². The number of hydrogen-bond acceptors (Lipinski definition) is 4. The molecule has 0 aromatic heterocycles. The molecule has 0 atom stereocenters. The van der Waals surface area contributed by atoms with Crippen molar-refractivity contribution in [2.24, 2.45) is 5.92 Å². The number of nitro benzene ring substituents is 1. The van der Waals surface area contributed by atoms with E-state index < -0.39 is 10.7 Å². The Kier molecular flexibility index (Phi) is 6.33. The summed E-state index contributed by atoms with van der Waals surface area (Å²) in [6.07, 6.45) is 4.90. The maximum atomic E-state index is 13.9. The summed E-state index contributed by atoms with van der Waals surface area (Å²) in [5.41, 5.74) is 0.347. The molecule has 5 nitrogen and oxygen atoms in total. The molecule has 1 aromatic rings. The van der Waals surface area contributed by atoms with Crippen LogP contribution in [0.25, 0.3) is 0 Å². The van der Waals surface area contributed by atoms with Crippen molar-refractivity contribution in [3.63, 3.8) is 0 Å². The zero-order chi connectivity index (χ0) is 15.5. The molecule has 1 heterocycles. The summed E-state index contributed by atoms with van der Waals surface area (Å²) in [4.78, 5) is 12.3. The quantitative estimate of drug-likeness (QED) is 0.637. The standard InChI is InChI=1S/C16H22FN3O2.ClH/c17-16-9-15(20(21)22)4-3-13(16)11-19-7-5-14(6-8-19)18-10-12-1-2-12;/h3-4,9,12,14,18H,1-2,5-8,10-11H2;1H. The van der Waals surface area contributed by atoms with Gasteiger partial charge in [0.1, 0.15) is 5.82 Å². The second-order valence-electron chi connectivity index (χ2n) is 6.43. The third-order valence-corrected chi connectivity index (χ3v) is 4.62. The molecule has 2 fully saturated rings. The van der Waals surface area contributed by atoms with E-state index in [1.165, 1.54) is 25.0 Å². The molecule has 0 bridgehead atoms. The van der Waals surface area contributed by atoms with Gasteiger partial charge in [-0.25, -0.2) is 4.39 Å². The predicted molar refractivity (Wildman–Crippen MR) is 89.3 cm³/mol. The van der Waals surface area contributed by atoms with E-state index in [2.05, 4.69) is 10.2 Å². The molecule has 1 aliphatic carbocycles. The zero-order valence-corrected chi connectivity index (χ0v) is 13.9. The number of piperidine rings is 1. The average molecular weight is 344 g/mol. The van der Waals surface area contributed by atoms with Crippen LogP contribution in [0, 0.1) is 21.8 Å². The van der Waals surface area contributed by atoms with Gasteiger partial charge >= 0.3 is 0 Å². The number of nitrogens with zero attached hydrogens (tertiary/aromatic N) is 2. The van der Waals surface area contributed by atoms with Gasteiger partial charge in [-0.15, -0.1) is 12.4 Å². The number of rotatable bonds is 6. The van der Waals surface area contributed by atoms with E-state index in [-0.39, 0.29) is 18.1 Å². The number of likely N-dealkylation sites (tertiary alicyclic amines) is 1. The molecule has 1 aliphatic heterocycles. The predicted octanol–water partition coefficient (Wildman–Crippen LogP) is 3.12. The van der Waals surface area contributed by atoms with Gasteiger partial charge in [0.25, 0.3) is 5.69 Å². The maximum Gasteiger partial charge on any atom is 0.272 e. The zero-order valence-electron chi connectivity index (χ0n) is 13.0. The molecule has 7 heteroatoms. The Morgan fingerprint density at radius 2 is 1.96 bits per heavy atom. The summed E-state index contributed by atoms with van der Waals surface area (Å²) < 4.78 is 13.9. The van der Waals surface area contributed by atoms with Gasteiger partial charge in [0.2, 0.25) is 0 Å². The fourth-order valence-corrected chi connectivity index (χ4v) is 2.97. The van der Waals surface area contributed by atoms with E-state index in [0.717, 1.165) is 44.5 Å². The van der Waals surface area contributed by atoms with Crippen LogP contribution in [0.2, 0.25) is 0 Å². The number of halogens is 2. The van der Waals surface area contributed by atoms with Gasteiger partial charge in [-0.3, -0.25) is 15.0 Å². The van der Waals surface area contributed by atoms with Crippen LogP contribution in [0.4, 0.5) is 10.1 Å². The van der Waals surface area contributed by atoms with Gasteiger partial charge in [0, 0.05) is 24.2 Å². The molecular formula is C16H23ClFN3O2. The minimum atomic E-state index is -0.566. The monoisotopic (exact) mass is 343 g/mol. The van der Waals surface area contributed by atoms with E-state index in [1.54, 1.807) is 0 Å². The molecular weight excluding hydrogens is 321 g/mol. The minimum absolute atomic E-state index is 0. The lowest BCUT2D eigenvalue weighted by molar-refractivity contribution is -0.385. The van der Waals surface area contributed by atoms with E-state index in [9.17, 15) is 14.5 Å². The lowest BCUT2D eigenvalue weighted by Crippen LogP contribution is -2.42. The number of nitrogens with one attached hydrogen (secondary N) is 1. The Balaban J connectivity index is 0.00000192. The fourth-order valence-electron chi connectivity index (χ4n) is 2.97. The molecule has 3 rings (SSSR count). The molecule has 1 N–H and O–H groups in total. The van der Waals surface area contributed by atoms with Crippen molar-refractivity contribution < 1.29 is 9.31 Å². The van der Waals surface area contributed by atoms with Gasteiger partial charge < -0.3 is 5.32 Å². The highest BCUT2D eigenvalue weighted by molar-refractivity contribution is 5.85. The molecule has 23 heavy (non-hydrogen) atoms. The Morgan fingerprint density at radius 1 is 1.26 bits per heavy atom. The largest absolute Gasteiger partial charge is 0.314 e. The Morgan fingerprint density at radius 3 is 2.52 bits per heavy atom. The Hall–Kier alpha value is -1.24. The van der Waals surface area contributed by atoms with E-state index >= 15 is 0 Å². The number of benzene rings is 1. The molecule has 0 unspecified atom stereocenters. The summed E-state index contributed by atoms with van der Waals surface area (Å²) in [7, 11) is 0. The summed E-state index contributed by atoms with van der Waals surface area (Å²) >= 11 is 0. The maximum absolute atomic E-state index is 13.9. The van der Waals surface area contributed by atoms with Gasteiger partial charge in [0.05, 0.1) is 11.0 Å². The van der Waals surface area contributed by atoms with Gasteiger partial charge in [-0.1, -0.05) is 0 Å². The van der Waals surface area contributed by atoms with E-state index in [0.29, 0.717) is 18.2 Å². The first-order valence-electron chi connectivity index (χ1n) is 8.00. The normalized spacial score (nSPS) is 19.3. The van der Waals surface area contributed by atoms with Crippen molar-refractivity contribution in [3.05, 3.63) is 39.7 Å². The molecule has 1 saturated heterocycles. The Bertz CT molecular complexity index is 546. The van der Waals surface area contributed by atoms with Crippen LogP contribution in [0.3, 0.4) is 0 Å². The second kappa shape index (κ2) is 8.04. The van der Waals surface area contributed by atoms with Gasteiger partial charge in [-0.05, 0) is 57.3 Å². The smallest absolute Gasteiger partial charge is 0.272 e. The van der Waals surface area contributed by atoms with Crippen molar-refractivity contribution >= 4 is 18.1 Å². The molecule has 0 radical (unpaired) electrons. The molecule has 1 saturated carbocycles. The molecule has 0 amide bonds. The van der Waals surface area contributed by atoms with Crippen molar-refractivity contribution in [2.75, 3.05) is 19.6 Å². The topological polar surface area (TPSA) is 58.4 Å². The summed E-state index contributed by atoms with van der Waals surface area (Å²) in [6.45, 7) is 3.55. The second-order valence-corrected chi connectivity index (χ2v) is 6.43. The molecule has 0 spiro atoms. The van der Waals surface area contributed by atoms with Crippen molar-refractivity contribution in [2.45, 2.75) is 38.3 Å². The Labute approximate surface area is 141 Å². The van der Waals surface area contributed by atoms with Crippen LogP contribution in [0.1, 0.15) is 31.2 Å².